The standard InChI is InChI=1S/C18H12Cl2FN3O4/c1-28-15-5-2-9(19)6-14(15)23-16(25)11-8-22-18(27)24(17(11)26)10-3-4-13(21)12(20)7-10/h2-8H,1H3,(H,22,27)(H,23,25). The molecule has 10 heteroatoms. The van der Waals surface area contributed by atoms with Crippen molar-refractivity contribution in [3.05, 3.63) is 84.9 Å². The lowest BCUT2D eigenvalue weighted by molar-refractivity contribution is 0.102. The van der Waals surface area contributed by atoms with Crippen molar-refractivity contribution in [2.24, 2.45) is 0 Å². The lowest BCUT2D eigenvalue weighted by Crippen LogP contribution is -2.38. The number of benzene rings is 2. The van der Waals surface area contributed by atoms with E-state index in [0.29, 0.717) is 15.3 Å². The molecule has 0 atom stereocenters. The van der Waals surface area contributed by atoms with Gasteiger partial charge in [0.2, 0.25) is 0 Å². The second-order valence-electron chi connectivity index (χ2n) is 5.55. The average Bonchev–Trinajstić information content (AvgIpc) is 2.65. The third-order valence-corrected chi connectivity index (χ3v) is 4.32. The number of nitrogens with one attached hydrogen (secondary N) is 2. The van der Waals surface area contributed by atoms with Crippen molar-refractivity contribution in [1.82, 2.24) is 9.55 Å². The summed E-state index contributed by atoms with van der Waals surface area (Å²) in [6.45, 7) is 0. The molecule has 1 aromatic heterocycles. The van der Waals surface area contributed by atoms with Gasteiger partial charge in [0, 0.05) is 11.2 Å². The molecule has 2 N–H and O–H groups in total. The Bertz CT molecular complexity index is 1190. The van der Waals surface area contributed by atoms with E-state index in [0.717, 1.165) is 18.3 Å². The van der Waals surface area contributed by atoms with E-state index in [1.807, 2.05) is 0 Å². The molecule has 28 heavy (non-hydrogen) atoms. The Morgan fingerprint density at radius 2 is 1.93 bits per heavy atom. The normalized spacial score (nSPS) is 10.6. The van der Waals surface area contributed by atoms with Gasteiger partial charge in [0.25, 0.3) is 11.5 Å². The van der Waals surface area contributed by atoms with Gasteiger partial charge in [-0.3, -0.25) is 9.59 Å². The minimum absolute atomic E-state index is 0.00707. The van der Waals surface area contributed by atoms with Crippen LogP contribution in [0.3, 0.4) is 0 Å². The summed E-state index contributed by atoms with van der Waals surface area (Å²) in [5.74, 6) is -1.19. The van der Waals surface area contributed by atoms with E-state index in [4.69, 9.17) is 27.9 Å². The van der Waals surface area contributed by atoms with Crippen molar-refractivity contribution < 1.29 is 13.9 Å². The number of hydrogen-bond donors (Lipinski definition) is 2. The minimum Gasteiger partial charge on any atom is -0.495 e. The van der Waals surface area contributed by atoms with Gasteiger partial charge in [-0.05, 0) is 36.4 Å². The highest BCUT2D eigenvalue weighted by Crippen LogP contribution is 2.27. The van der Waals surface area contributed by atoms with Crippen LogP contribution in [-0.4, -0.2) is 22.6 Å². The van der Waals surface area contributed by atoms with Crippen LogP contribution in [0.25, 0.3) is 5.69 Å². The lowest BCUT2D eigenvalue weighted by Gasteiger charge is -2.11. The van der Waals surface area contributed by atoms with Crippen LogP contribution in [0.2, 0.25) is 10.0 Å². The summed E-state index contributed by atoms with van der Waals surface area (Å²) in [4.78, 5) is 39.7. The van der Waals surface area contributed by atoms with Gasteiger partial charge in [-0.1, -0.05) is 23.2 Å². The molecule has 0 aliphatic rings. The third kappa shape index (κ3) is 3.78. The fraction of sp³-hybridized carbons (Fsp3) is 0.0556. The molecule has 2 aromatic carbocycles. The zero-order valence-corrected chi connectivity index (χ0v) is 15.8. The Kier molecular flexibility index (Phi) is 5.53. The molecule has 3 aromatic rings. The third-order valence-electron chi connectivity index (χ3n) is 3.79. The molecule has 0 fully saturated rings. The summed E-state index contributed by atoms with van der Waals surface area (Å²) in [7, 11) is 1.41. The summed E-state index contributed by atoms with van der Waals surface area (Å²) in [5, 5.41) is 2.58. The maximum atomic E-state index is 13.4. The molecule has 1 heterocycles. The Morgan fingerprint density at radius 3 is 2.61 bits per heavy atom. The number of carbonyl (C=O) groups is 1. The number of anilines is 1. The SMILES string of the molecule is COc1ccc(Cl)cc1NC(=O)c1c[nH]c(=O)n(-c2ccc(F)c(Cl)c2)c1=O. The van der Waals surface area contributed by atoms with Crippen molar-refractivity contribution in [1.29, 1.82) is 0 Å². The Hall–Kier alpha value is -3.10. The Morgan fingerprint density at radius 1 is 1.18 bits per heavy atom. The number of aromatic amines is 1. The van der Waals surface area contributed by atoms with Crippen LogP contribution in [0.1, 0.15) is 10.4 Å². The molecule has 0 aliphatic carbocycles. The number of ether oxygens (including phenoxy) is 1. The second kappa shape index (κ2) is 7.87. The molecule has 0 radical (unpaired) electrons. The smallest absolute Gasteiger partial charge is 0.333 e. The van der Waals surface area contributed by atoms with Crippen LogP contribution in [0.4, 0.5) is 10.1 Å². The maximum absolute atomic E-state index is 13.4. The van der Waals surface area contributed by atoms with Gasteiger partial charge >= 0.3 is 5.69 Å². The van der Waals surface area contributed by atoms with E-state index in [1.54, 1.807) is 12.1 Å². The molecule has 144 valence electrons. The number of halogens is 3. The quantitative estimate of drug-likeness (QED) is 0.673. The first-order chi connectivity index (χ1) is 13.3. The number of rotatable bonds is 4. The van der Waals surface area contributed by atoms with Gasteiger partial charge in [-0.15, -0.1) is 0 Å². The van der Waals surface area contributed by atoms with E-state index in [-0.39, 0.29) is 22.0 Å². The summed E-state index contributed by atoms with van der Waals surface area (Å²) >= 11 is 11.6. The first kappa shape index (κ1) is 19.7. The fourth-order valence-corrected chi connectivity index (χ4v) is 2.81. The minimum atomic E-state index is -0.912. The number of amides is 1. The summed E-state index contributed by atoms with van der Waals surface area (Å²) in [6, 6.07) is 7.87. The highest BCUT2D eigenvalue weighted by atomic mass is 35.5. The molecule has 0 unspecified atom stereocenters. The molecular formula is C18H12Cl2FN3O4. The van der Waals surface area contributed by atoms with E-state index in [9.17, 15) is 18.8 Å². The lowest BCUT2D eigenvalue weighted by atomic mass is 10.2. The first-order valence-corrected chi connectivity index (χ1v) is 8.52. The summed E-state index contributed by atoms with van der Waals surface area (Å²) < 4.78 is 19.2. The van der Waals surface area contributed by atoms with Crippen molar-refractivity contribution in [2.45, 2.75) is 0 Å². The van der Waals surface area contributed by atoms with E-state index in [1.165, 1.54) is 19.2 Å². The highest BCUT2D eigenvalue weighted by Gasteiger charge is 2.18. The zero-order valence-electron chi connectivity index (χ0n) is 14.3. The van der Waals surface area contributed by atoms with Crippen LogP contribution < -0.4 is 21.3 Å². The van der Waals surface area contributed by atoms with Crippen molar-refractivity contribution in [3.8, 4) is 11.4 Å². The van der Waals surface area contributed by atoms with Gasteiger partial charge < -0.3 is 15.0 Å². The Labute approximate surface area is 167 Å². The highest BCUT2D eigenvalue weighted by molar-refractivity contribution is 6.31. The molecule has 1 amide bonds. The monoisotopic (exact) mass is 423 g/mol. The Balaban J connectivity index is 2.05. The predicted molar refractivity (Wildman–Crippen MR) is 104 cm³/mol. The number of H-pyrrole nitrogens is 1. The van der Waals surface area contributed by atoms with Crippen LogP contribution in [-0.2, 0) is 0 Å². The molecule has 0 spiro atoms. The summed E-state index contributed by atoms with van der Waals surface area (Å²) in [5.41, 5.74) is -1.84. The number of methoxy groups -OCH3 is 1. The predicted octanol–water partition coefficient (Wildman–Crippen LogP) is 3.23. The van der Waals surface area contributed by atoms with Gasteiger partial charge in [-0.25, -0.2) is 13.8 Å². The van der Waals surface area contributed by atoms with Crippen LogP contribution in [0.15, 0.2) is 52.2 Å². The summed E-state index contributed by atoms with van der Waals surface area (Å²) in [6.07, 6.45) is 0.985. The van der Waals surface area contributed by atoms with Crippen LogP contribution in [0, 0.1) is 5.82 Å². The van der Waals surface area contributed by atoms with Gasteiger partial charge in [0.05, 0.1) is 23.5 Å². The van der Waals surface area contributed by atoms with Gasteiger partial charge in [0.1, 0.15) is 17.1 Å². The first-order valence-electron chi connectivity index (χ1n) is 7.77. The van der Waals surface area contributed by atoms with Crippen LogP contribution >= 0.6 is 23.2 Å². The number of nitrogens with zero attached hydrogens (tertiary/aromatic N) is 1. The largest absolute Gasteiger partial charge is 0.495 e. The molecule has 0 bridgehead atoms. The van der Waals surface area contributed by atoms with E-state index < -0.39 is 23.0 Å². The van der Waals surface area contributed by atoms with Gasteiger partial charge in [-0.2, -0.15) is 0 Å². The zero-order chi connectivity index (χ0) is 20.4. The van der Waals surface area contributed by atoms with E-state index >= 15 is 0 Å². The number of carbonyl (C=O) groups excluding carboxylic acids is 1. The topological polar surface area (TPSA) is 93.2 Å². The van der Waals surface area contributed by atoms with Crippen molar-refractivity contribution in [2.75, 3.05) is 12.4 Å². The van der Waals surface area contributed by atoms with Crippen molar-refractivity contribution >= 4 is 34.8 Å². The number of aromatic nitrogens is 2. The number of hydrogen-bond acceptors (Lipinski definition) is 4. The van der Waals surface area contributed by atoms with Crippen LogP contribution in [0.5, 0.6) is 5.75 Å². The van der Waals surface area contributed by atoms with Gasteiger partial charge in [0.15, 0.2) is 0 Å². The molecule has 0 saturated carbocycles. The molecule has 0 saturated heterocycles. The molecule has 0 aliphatic heterocycles. The second-order valence-corrected chi connectivity index (χ2v) is 6.39. The molecule has 7 nitrogen and oxygen atoms in total. The average molecular weight is 424 g/mol. The molecular weight excluding hydrogens is 412 g/mol. The fourth-order valence-electron chi connectivity index (χ4n) is 2.46. The van der Waals surface area contributed by atoms with Crippen molar-refractivity contribution in [3.63, 3.8) is 0 Å². The van der Waals surface area contributed by atoms with E-state index in [2.05, 4.69) is 10.3 Å². The molecule has 3 rings (SSSR count). The maximum Gasteiger partial charge on any atom is 0.333 e.